The molecule has 0 bridgehead atoms. The summed E-state index contributed by atoms with van der Waals surface area (Å²) >= 11 is 1.52. The number of alkyl halides is 3. The molecule has 4 nitrogen and oxygen atoms in total. The SMILES string of the molecule is C#CCCCSc1cc(C)c(OC(C)(C)C(=O)O)cc1-c1cccc(OC(F)(F)F)c1. The zero-order chi connectivity index (χ0) is 23.2. The van der Waals surface area contributed by atoms with Gasteiger partial charge in [0.05, 0.1) is 0 Å². The summed E-state index contributed by atoms with van der Waals surface area (Å²) in [6, 6.07) is 9.11. The third-order valence-electron chi connectivity index (χ3n) is 4.26. The highest BCUT2D eigenvalue weighted by atomic mass is 32.2. The number of rotatable bonds is 9. The van der Waals surface area contributed by atoms with Crippen LogP contribution >= 0.6 is 11.8 Å². The topological polar surface area (TPSA) is 55.8 Å². The molecule has 0 atom stereocenters. The molecule has 2 aromatic carbocycles. The van der Waals surface area contributed by atoms with Crippen LogP contribution in [0.25, 0.3) is 11.1 Å². The number of carbonyl (C=O) groups is 1. The number of aryl methyl sites for hydroxylation is 1. The Morgan fingerprint density at radius 2 is 1.90 bits per heavy atom. The van der Waals surface area contributed by atoms with Gasteiger partial charge in [0, 0.05) is 11.3 Å². The molecule has 0 fully saturated rings. The number of thioether (sulfide) groups is 1. The molecule has 0 radical (unpaired) electrons. The van der Waals surface area contributed by atoms with Crippen molar-refractivity contribution in [3.8, 4) is 35.0 Å². The molecule has 0 aliphatic heterocycles. The van der Waals surface area contributed by atoms with E-state index in [0.717, 1.165) is 17.1 Å². The van der Waals surface area contributed by atoms with Crippen LogP contribution in [0.3, 0.4) is 0 Å². The van der Waals surface area contributed by atoms with E-state index in [1.165, 1.54) is 43.8 Å². The van der Waals surface area contributed by atoms with Crippen molar-refractivity contribution in [2.75, 3.05) is 5.75 Å². The Bertz CT molecular complexity index is 978. The van der Waals surface area contributed by atoms with E-state index in [0.29, 0.717) is 28.9 Å². The quantitative estimate of drug-likeness (QED) is 0.275. The van der Waals surface area contributed by atoms with Gasteiger partial charge >= 0.3 is 12.3 Å². The zero-order valence-corrected chi connectivity index (χ0v) is 18.2. The van der Waals surface area contributed by atoms with Crippen molar-refractivity contribution in [1.29, 1.82) is 0 Å². The summed E-state index contributed by atoms with van der Waals surface area (Å²) in [7, 11) is 0. The Balaban J connectivity index is 2.50. The molecule has 0 aliphatic rings. The largest absolute Gasteiger partial charge is 0.573 e. The van der Waals surface area contributed by atoms with E-state index in [9.17, 15) is 23.1 Å². The van der Waals surface area contributed by atoms with Gasteiger partial charge in [-0.25, -0.2) is 4.79 Å². The molecular weight excluding hydrogens is 429 g/mol. The summed E-state index contributed by atoms with van der Waals surface area (Å²) in [4.78, 5) is 12.3. The molecule has 0 amide bonds. The number of carboxylic acids is 1. The van der Waals surface area contributed by atoms with Gasteiger partial charge < -0.3 is 14.6 Å². The number of carboxylic acid groups (broad SMARTS) is 1. The predicted molar refractivity (Wildman–Crippen MR) is 114 cm³/mol. The second-order valence-corrected chi connectivity index (χ2v) is 8.40. The van der Waals surface area contributed by atoms with Gasteiger partial charge in [0.2, 0.25) is 0 Å². The van der Waals surface area contributed by atoms with E-state index in [-0.39, 0.29) is 5.75 Å². The first kappa shape index (κ1) is 24.5. The first-order valence-corrected chi connectivity index (χ1v) is 10.4. The van der Waals surface area contributed by atoms with Gasteiger partial charge in [-0.05, 0) is 73.9 Å². The lowest BCUT2D eigenvalue weighted by Crippen LogP contribution is -2.38. The van der Waals surface area contributed by atoms with Crippen LogP contribution in [-0.2, 0) is 4.79 Å². The van der Waals surface area contributed by atoms with Crippen LogP contribution in [0.4, 0.5) is 13.2 Å². The van der Waals surface area contributed by atoms with E-state index in [2.05, 4.69) is 10.7 Å². The fourth-order valence-electron chi connectivity index (χ4n) is 2.65. The fourth-order valence-corrected chi connectivity index (χ4v) is 3.75. The van der Waals surface area contributed by atoms with Crippen molar-refractivity contribution in [1.82, 2.24) is 0 Å². The molecule has 0 aliphatic carbocycles. The summed E-state index contributed by atoms with van der Waals surface area (Å²) in [6.45, 7) is 4.63. The number of hydrogen-bond donors (Lipinski definition) is 1. The van der Waals surface area contributed by atoms with Crippen LogP contribution in [0.2, 0.25) is 0 Å². The fraction of sp³-hybridized carbons (Fsp3) is 0.348. The molecule has 0 aromatic heterocycles. The molecule has 8 heteroatoms. The molecule has 31 heavy (non-hydrogen) atoms. The van der Waals surface area contributed by atoms with Crippen molar-refractivity contribution in [3.63, 3.8) is 0 Å². The molecule has 2 rings (SSSR count). The molecule has 166 valence electrons. The number of hydrogen-bond acceptors (Lipinski definition) is 4. The van der Waals surface area contributed by atoms with Crippen LogP contribution in [0.5, 0.6) is 11.5 Å². The second-order valence-electron chi connectivity index (χ2n) is 7.26. The zero-order valence-electron chi connectivity index (χ0n) is 17.4. The van der Waals surface area contributed by atoms with E-state index in [1.807, 2.05) is 6.07 Å². The highest BCUT2D eigenvalue weighted by Crippen LogP contribution is 2.39. The Morgan fingerprint density at radius 1 is 1.19 bits per heavy atom. The lowest BCUT2D eigenvalue weighted by molar-refractivity contribution is -0.274. The highest BCUT2D eigenvalue weighted by molar-refractivity contribution is 7.99. The van der Waals surface area contributed by atoms with Crippen LogP contribution in [-0.4, -0.2) is 28.8 Å². The molecule has 0 saturated carbocycles. The Labute approximate surface area is 183 Å². The van der Waals surface area contributed by atoms with Crippen LogP contribution < -0.4 is 9.47 Å². The van der Waals surface area contributed by atoms with Crippen molar-refractivity contribution in [3.05, 3.63) is 42.0 Å². The van der Waals surface area contributed by atoms with Gasteiger partial charge in [0.15, 0.2) is 5.60 Å². The summed E-state index contributed by atoms with van der Waals surface area (Å²) in [5, 5.41) is 9.38. The number of unbranched alkanes of at least 4 members (excludes halogenated alkanes) is 1. The first-order valence-electron chi connectivity index (χ1n) is 9.42. The summed E-state index contributed by atoms with van der Waals surface area (Å²) in [6.07, 6.45) is 1.88. The Hall–Kier alpha value is -2.79. The van der Waals surface area contributed by atoms with E-state index < -0.39 is 17.9 Å². The number of ether oxygens (including phenoxy) is 2. The average molecular weight is 452 g/mol. The minimum atomic E-state index is -4.81. The highest BCUT2D eigenvalue weighted by Gasteiger charge is 2.32. The van der Waals surface area contributed by atoms with Crippen LogP contribution in [0, 0.1) is 19.3 Å². The van der Waals surface area contributed by atoms with E-state index >= 15 is 0 Å². The normalized spacial score (nSPS) is 11.6. The maximum atomic E-state index is 12.7. The van der Waals surface area contributed by atoms with Gasteiger partial charge in [-0.2, -0.15) is 0 Å². The molecule has 0 unspecified atom stereocenters. The maximum absolute atomic E-state index is 12.7. The smallest absolute Gasteiger partial charge is 0.478 e. The number of terminal acetylenes is 1. The van der Waals surface area contributed by atoms with Crippen molar-refractivity contribution in [2.45, 2.75) is 50.5 Å². The summed E-state index contributed by atoms with van der Waals surface area (Å²) in [5.74, 6) is 2.14. The van der Waals surface area contributed by atoms with Crippen molar-refractivity contribution in [2.24, 2.45) is 0 Å². The van der Waals surface area contributed by atoms with Crippen molar-refractivity contribution >= 4 is 17.7 Å². The summed E-state index contributed by atoms with van der Waals surface area (Å²) in [5.41, 5.74) is 0.324. The third-order valence-corrected chi connectivity index (χ3v) is 5.40. The van der Waals surface area contributed by atoms with Crippen molar-refractivity contribution < 1.29 is 32.5 Å². The van der Waals surface area contributed by atoms with Gasteiger partial charge in [-0.3, -0.25) is 0 Å². The van der Waals surface area contributed by atoms with Crippen LogP contribution in [0.1, 0.15) is 32.3 Å². The second kappa shape index (κ2) is 10.0. The molecule has 0 heterocycles. The molecule has 2 aromatic rings. The number of aliphatic carboxylic acids is 1. The predicted octanol–water partition coefficient (Wildman–Crippen LogP) is 6.31. The van der Waals surface area contributed by atoms with Crippen LogP contribution in [0.15, 0.2) is 41.3 Å². The van der Waals surface area contributed by atoms with Gasteiger partial charge in [-0.1, -0.05) is 12.1 Å². The Kier molecular flexibility index (Phi) is 7.91. The standard InChI is InChI=1S/C23H23F3O4S/c1-5-6-7-11-31-20-12-15(2)19(30-22(3,4)21(27)28)14-18(20)16-9-8-10-17(13-16)29-23(24,25)26/h1,8-10,12-14H,6-7,11H2,2-4H3,(H,27,28). The lowest BCUT2D eigenvalue weighted by atomic mass is 10.0. The molecule has 0 spiro atoms. The molecule has 0 saturated heterocycles. The van der Waals surface area contributed by atoms with Gasteiger partial charge in [0.25, 0.3) is 0 Å². The lowest BCUT2D eigenvalue weighted by Gasteiger charge is -2.24. The van der Waals surface area contributed by atoms with Gasteiger partial charge in [-0.15, -0.1) is 37.3 Å². The summed E-state index contributed by atoms with van der Waals surface area (Å²) < 4.78 is 47.7. The Morgan fingerprint density at radius 3 is 2.52 bits per heavy atom. The first-order chi connectivity index (χ1) is 14.4. The van der Waals surface area contributed by atoms with Gasteiger partial charge in [0.1, 0.15) is 11.5 Å². The number of halogens is 3. The third kappa shape index (κ3) is 7.14. The number of benzene rings is 2. The van der Waals surface area contributed by atoms with E-state index in [4.69, 9.17) is 11.2 Å². The average Bonchev–Trinajstić information content (AvgIpc) is 2.65. The molecular formula is C23H23F3O4S. The molecule has 1 N–H and O–H groups in total. The van der Waals surface area contributed by atoms with E-state index in [1.54, 1.807) is 19.1 Å². The minimum absolute atomic E-state index is 0.331. The minimum Gasteiger partial charge on any atom is -0.478 e. The monoisotopic (exact) mass is 452 g/mol. The maximum Gasteiger partial charge on any atom is 0.573 e.